The summed E-state index contributed by atoms with van der Waals surface area (Å²) in [7, 11) is 0. The van der Waals surface area contributed by atoms with Crippen LogP contribution in [-0.2, 0) is 4.79 Å². The van der Waals surface area contributed by atoms with Crippen molar-refractivity contribution in [2.45, 2.75) is 6.42 Å². The molecular weight excluding hydrogens is 238 g/mol. The molecule has 0 unspecified atom stereocenters. The second-order valence-electron chi connectivity index (χ2n) is 3.21. The molecule has 1 aromatic carbocycles. The first-order valence-electron chi connectivity index (χ1n) is 5.09. The van der Waals surface area contributed by atoms with Crippen molar-refractivity contribution in [1.82, 2.24) is 9.36 Å². The fraction of sp³-hybridized carbons (Fsp3) is 0.182. The van der Waals surface area contributed by atoms with E-state index < -0.39 is 0 Å². The number of carbonyl (C=O) groups is 1. The number of anilines is 1. The van der Waals surface area contributed by atoms with E-state index in [9.17, 15) is 4.79 Å². The number of nitrogens with zero attached hydrogens (tertiary/aromatic N) is 2. The molecule has 1 N–H and O–H groups in total. The van der Waals surface area contributed by atoms with E-state index in [-0.39, 0.29) is 12.3 Å². The maximum absolute atomic E-state index is 11.4. The standard InChI is InChI=1S/C11H11N3O2S/c15-10(14-11-12-8-13-17-11)6-7-16-9-4-2-1-3-5-9/h1-5,8H,6-7H2,(H,12,13,14,15). The molecule has 0 aliphatic rings. The highest BCUT2D eigenvalue weighted by Crippen LogP contribution is 2.09. The molecule has 5 nitrogen and oxygen atoms in total. The van der Waals surface area contributed by atoms with Gasteiger partial charge in [0.1, 0.15) is 12.1 Å². The summed E-state index contributed by atoms with van der Waals surface area (Å²) < 4.78 is 9.19. The second-order valence-corrected chi connectivity index (χ2v) is 3.99. The molecule has 0 aliphatic carbocycles. The zero-order chi connectivity index (χ0) is 11.9. The third-order valence-electron chi connectivity index (χ3n) is 1.95. The Bertz CT molecular complexity index is 459. The van der Waals surface area contributed by atoms with E-state index in [0.717, 1.165) is 17.3 Å². The molecule has 0 radical (unpaired) electrons. The fourth-order valence-electron chi connectivity index (χ4n) is 1.19. The van der Waals surface area contributed by atoms with Crippen molar-refractivity contribution in [1.29, 1.82) is 0 Å². The molecule has 0 spiro atoms. The summed E-state index contributed by atoms with van der Waals surface area (Å²) in [5, 5.41) is 3.14. The molecule has 1 heterocycles. The van der Waals surface area contributed by atoms with Gasteiger partial charge in [0.05, 0.1) is 13.0 Å². The third-order valence-corrected chi connectivity index (χ3v) is 2.53. The van der Waals surface area contributed by atoms with Crippen molar-refractivity contribution in [2.24, 2.45) is 0 Å². The van der Waals surface area contributed by atoms with Crippen molar-refractivity contribution in [3.63, 3.8) is 0 Å². The minimum absolute atomic E-state index is 0.127. The van der Waals surface area contributed by atoms with E-state index in [4.69, 9.17) is 4.74 Å². The molecule has 0 bridgehead atoms. The average Bonchev–Trinajstić information content (AvgIpc) is 2.83. The van der Waals surface area contributed by atoms with Gasteiger partial charge in [0.25, 0.3) is 0 Å². The number of hydrogen-bond donors (Lipinski definition) is 1. The highest BCUT2D eigenvalue weighted by Gasteiger charge is 2.04. The molecule has 0 saturated carbocycles. The Kier molecular flexibility index (Phi) is 4.04. The monoisotopic (exact) mass is 249 g/mol. The summed E-state index contributed by atoms with van der Waals surface area (Å²) in [5.41, 5.74) is 0. The molecule has 0 saturated heterocycles. The summed E-state index contributed by atoms with van der Waals surface area (Å²) in [6.07, 6.45) is 1.69. The van der Waals surface area contributed by atoms with Crippen LogP contribution in [0, 0.1) is 0 Å². The summed E-state index contributed by atoms with van der Waals surface area (Å²) >= 11 is 1.15. The Morgan fingerprint density at radius 2 is 2.18 bits per heavy atom. The summed E-state index contributed by atoms with van der Waals surface area (Å²) in [6.45, 7) is 0.342. The Morgan fingerprint density at radius 1 is 1.35 bits per heavy atom. The predicted molar refractivity (Wildman–Crippen MR) is 65.1 cm³/mol. The van der Waals surface area contributed by atoms with Crippen molar-refractivity contribution >= 4 is 22.6 Å². The molecule has 1 aromatic heterocycles. The highest BCUT2D eigenvalue weighted by atomic mass is 32.1. The van der Waals surface area contributed by atoms with Crippen molar-refractivity contribution < 1.29 is 9.53 Å². The first-order valence-corrected chi connectivity index (χ1v) is 5.86. The molecule has 6 heteroatoms. The first-order chi connectivity index (χ1) is 8.34. The molecule has 1 amide bonds. The van der Waals surface area contributed by atoms with Gasteiger partial charge < -0.3 is 10.1 Å². The predicted octanol–water partition coefficient (Wildman–Crippen LogP) is 1.95. The summed E-state index contributed by atoms with van der Waals surface area (Å²) in [4.78, 5) is 15.3. The molecule has 2 rings (SSSR count). The third kappa shape index (κ3) is 3.84. The van der Waals surface area contributed by atoms with Crippen molar-refractivity contribution in [3.05, 3.63) is 36.7 Å². The average molecular weight is 249 g/mol. The van der Waals surface area contributed by atoms with Crippen LogP contribution in [-0.4, -0.2) is 21.9 Å². The lowest BCUT2D eigenvalue weighted by molar-refractivity contribution is -0.116. The number of amides is 1. The van der Waals surface area contributed by atoms with Crippen LogP contribution in [0.15, 0.2) is 36.7 Å². The van der Waals surface area contributed by atoms with E-state index in [1.54, 1.807) is 0 Å². The smallest absolute Gasteiger partial charge is 0.229 e. The lowest BCUT2D eigenvalue weighted by atomic mass is 10.3. The minimum Gasteiger partial charge on any atom is -0.493 e. The first kappa shape index (κ1) is 11.5. The molecule has 88 valence electrons. The van der Waals surface area contributed by atoms with Gasteiger partial charge in [-0.05, 0) is 12.1 Å². The Morgan fingerprint density at radius 3 is 2.88 bits per heavy atom. The molecule has 17 heavy (non-hydrogen) atoms. The van der Waals surface area contributed by atoms with Gasteiger partial charge in [-0.1, -0.05) is 18.2 Å². The Hall–Kier alpha value is -1.95. The van der Waals surface area contributed by atoms with Crippen LogP contribution in [0.4, 0.5) is 5.13 Å². The number of nitrogens with one attached hydrogen (secondary N) is 1. The van der Waals surface area contributed by atoms with Crippen LogP contribution < -0.4 is 10.1 Å². The van der Waals surface area contributed by atoms with Gasteiger partial charge in [0, 0.05) is 11.5 Å². The van der Waals surface area contributed by atoms with Gasteiger partial charge in [-0.3, -0.25) is 4.79 Å². The van der Waals surface area contributed by atoms with Gasteiger partial charge in [-0.25, -0.2) is 4.98 Å². The van der Waals surface area contributed by atoms with Crippen molar-refractivity contribution in [2.75, 3.05) is 11.9 Å². The van der Waals surface area contributed by atoms with E-state index >= 15 is 0 Å². The zero-order valence-electron chi connectivity index (χ0n) is 9.00. The summed E-state index contributed by atoms with van der Waals surface area (Å²) in [5.74, 6) is 0.633. The Balaban J connectivity index is 1.70. The van der Waals surface area contributed by atoms with Gasteiger partial charge in [0.2, 0.25) is 11.0 Å². The molecule has 0 fully saturated rings. The number of carbonyl (C=O) groups excluding carboxylic acids is 1. The van der Waals surface area contributed by atoms with Gasteiger partial charge in [-0.15, -0.1) is 0 Å². The maximum Gasteiger partial charge on any atom is 0.229 e. The number of benzene rings is 1. The number of ether oxygens (including phenoxy) is 1. The number of rotatable bonds is 5. The SMILES string of the molecule is O=C(CCOc1ccccc1)Nc1ncns1. The minimum atomic E-state index is -0.127. The number of hydrogen-bond acceptors (Lipinski definition) is 5. The van der Waals surface area contributed by atoms with E-state index in [1.165, 1.54) is 6.33 Å². The number of para-hydroxylation sites is 1. The lowest BCUT2D eigenvalue weighted by Crippen LogP contribution is -2.14. The quantitative estimate of drug-likeness (QED) is 0.879. The van der Waals surface area contributed by atoms with Gasteiger partial charge >= 0.3 is 0 Å². The fourth-order valence-corrected chi connectivity index (χ4v) is 1.64. The molecule has 0 aliphatic heterocycles. The lowest BCUT2D eigenvalue weighted by Gasteiger charge is -2.05. The number of aromatic nitrogens is 2. The summed E-state index contributed by atoms with van der Waals surface area (Å²) in [6, 6.07) is 9.38. The van der Waals surface area contributed by atoms with E-state index in [2.05, 4.69) is 14.7 Å². The second kappa shape index (κ2) is 5.95. The highest BCUT2D eigenvalue weighted by molar-refractivity contribution is 7.09. The molecular formula is C11H11N3O2S. The van der Waals surface area contributed by atoms with Gasteiger partial charge in [-0.2, -0.15) is 4.37 Å². The van der Waals surface area contributed by atoms with Gasteiger partial charge in [0.15, 0.2) is 0 Å². The van der Waals surface area contributed by atoms with Crippen LogP contribution in [0.5, 0.6) is 5.75 Å². The van der Waals surface area contributed by atoms with E-state index in [0.29, 0.717) is 11.7 Å². The van der Waals surface area contributed by atoms with Crippen LogP contribution in [0.25, 0.3) is 0 Å². The molecule has 2 aromatic rings. The van der Waals surface area contributed by atoms with E-state index in [1.807, 2.05) is 30.3 Å². The largest absolute Gasteiger partial charge is 0.493 e. The van der Waals surface area contributed by atoms with Crippen LogP contribution in [0.2, 0.25) is 0 Å². The van der Waals surface area contributed by atoms with Crippen molar-refractivity contribution in [3.8, 4) is 5.75 Å². The zero-order valence-corrected chi connectivity index (χ0v) is 9.81. The molecule has 0 atom stereocenters. The topological polar surface area (TPSA) is 64.1 Å². The Labute approximate surface area is 103 Å². The van der Waals surface area contributed by atoms with Crippen LogP contribution >= 0.6 is 11.5 Å². The maximum atomic E-state index is 11.4. The van der Waals surface area contributed by atoms with Crippen LogP contribution in [0.3, 0.4) is 0 Å². The van der Waals surface area contributed by atoms with Crippen LogP contribution in [0.1, 0.15) is 6.42 Å². The normalized spacial score (nSPS) is 9.88.